The first-order valence-corrected chi connectivity index (χ1v) is 13.8. The van der Waals surface area contributed by atoms with Crippen molar-refractivity contribution >= 4 is 46.6 Å². The number of rotatable bonds is 10. The maximum atomic E-state index is 13.8. The molecule has 1 N–H and O–H groups in total. The molecule has 0 aliphatic carbocycles. The molecule has 4 rings (SSSR count). The summed E-state index contributed by atoms with van der Waals surface area (Å²) in [5.41, 5.74) is 6.29. The van der Waals surface area contributed by atoms with Crippen molar-refractivity contribution < 1.29 is 14.7 Å². The van der Waals surface area contributed by atoms with E-state index in [-0.39, 0.29) is 12.3 Å². The van der Waals surface area contributed by atoms with Crippen molar-refractivity contribution in [3.05, 3.63) is 107 Å². The Balaban J connectivity index is 1.64. The minimum Gasteiger partial charge on any atom is -0.481 e. The number of anilines is 2. The lowest BCUT2D eigenvalue weighted by molar-refractivity contribution is -0.136. The predicted octanol–water partition coefficient (Wildman–Crippen LogP) is 7.19. The van der Waals surface area contributed by atoms with Crippen molar-refractivity contribution in [1.82, 2.24) is 4.98 Å². The van der Waals surface area contributed by atoms with Crippen LogP contribution >= 0.6 is 23.4 Å². The highest BCUT2D eigenvalue weighted by atomic mass is 35.5. The van der Waals surface area contributed by atoms with Gasteiger partial charge in [-0.25, -0.2) is 0 Å². The number of hydrogen-bond donors (Lipinski definition) is 1. The first-order valence-electron chi connectivity index (χ1n) is 12.5. The highest BCUT2D eigenvalue weighted by molar-refractivity contribution is 7.99. The number of hydrogen-bond acceptors (Lipinski definition) is 5. The molecule has 4 aromatic rings. The zero-order chi connectivity index (χ0) is 27.9. The largest absolute Gasteiger partial charge is 0.481 e. The number of pyridine rings is 1. The number of nitrogens with zero attached hydrogens (tertiary/aromatic N) is 3. The van der Waals surface area contributed by atoms with Crippen LogP contribution in [0.5, 0.6) is 0 Å². The van der Waals surface area contributed by atoms with Crippen LogP contribution in [0.15, 0.2) is 90.1 Å². The van der Waals surface area contributed by atoms with E-state index >= 15 is 0 Å². The van der Waals surface area contributed by atoms with Crippen LogP contribution in [0.2, 0.25) is 5.02 Å². The lowest BCUT2D eigenvalue weighted by atomic mass is 10.0. The number of carboxylic acid groups (broad SMARTS) is 1. The Bertz CT molecular complexity index is 1460. The topological polar surface area (TPSA) is 73.7 Å². The fourth-order valence-corrected chi connectivity index (χ4v) is 5.34. The number of aromatic nitrogens is 1. The molecule has 1 amide bonds. The van der Waals surface area contributed by atoms with Gasteiger partial charge in [0.1, 0.15) is 0 Å². The fourth-order valence-electron chi connectivity index (χ4n) is 4.12. The van der Waals surface area contributed by atoms with Gasteiger partial charge in [-0.1, -0.05) is 48.0 Å². The molecular formula is C31H30ClN3O3S. The quantitative estimate of drug-likeness (QED) is 0.207. The zero-order valence-electron chi connectivity index (χ0n) is 22.1. The van der Waals surface area contributed by atoms with E-state index in [2.05, 4.69) is 46.3 Å². The number of thioether (sulfide) groups is 1. The van der Waals surface area contributed by atoms with Crippen molar-refractivity contribution in [3.63, 3.8) is 0 Å². The predicted molar refractivity (Wildman–Crippen MR) is 160 cm³/mol. The van der Waals surface area contributed by atoms with E-state index in [1.165, 1.54) is 11.8 Å². The van der Waals surface area contributed by atoms with Gasteiger partial charge in [-0.15, -0.1) is 11.8 Å². The molecule has 200 valence electrons. The molecule has 0 saturated carbocycles. The molecule has 0 saturated heterocycles. The Morgan fingerprint density at radius 2 is 1.59 bits per heavy atom. The lowest BCUT2D eigenvalue weighted by Gasteiger charge is -2.25. The van der Waals surface area contributed by atoms with Gasteiger partial charge in [0.25, 0.3) is 5.91 Å². The maximum Gasteiger partial charge on any atom is 0.304 e. The van der Waals surface area contributed by atoms with E-state index in [9.17, 15) is 9.59 Å². The third-order valence-corrected chi connectivity index (χ3v) is 7.46. The van der Waals surface area contributed by atoms with Crippen molar-refractivity contribution in [3.8, 4) is 11.1 Å². The van der Waals surface area contributed by atoms with Gasteiger partial charge >= 0.3 is 5.97 Å². The molecule has 0 fully saturated rings. The molecule has 0 bridgehead atoms. The number of benzene rings is 3. The van der Waals surface area contributed by atoms with Gasteiger partial charge in [0.2, 0.25) is 0 Å². The molecule has 3 aromatic carbocycles. The standard InChI is InChI=1S/C31H30ClN3O3S/c1-21-19-33-14-12-29(21)31(38)35(27-16-25(32)17-28(18-27)39-15-13-30(36)37)20-22-4-6-23(7-5-22)24-8-10-26(11-9-24)34(2)3/h4-12,14,16-19H,13,15,20H2,1-3H3,(H,36,37). The number of aliphatic carboxylic acids is 1. The summed E-state index contributed by atoms with van der Waals surface area (Å²) in [4.78, 5) is 33.5. The summed E-state index contributed by atoms with van der Waals surface area (Å²) in [5, 5.41) is 9.48. The molecule has 1 aromatic heterocycles. The molecular weight excluding hydrogens is 530 g/mol. The summed E-state index contributed by atoms with van der Waals surface area (Å²) >= 11 is 7.86. The second-order valence-corrected chi connectivity index (χ2v) is 11.0. The summed E-state index contributed by atoms with van der Waals surface area (Å²) in [6, 6.07) is 23.7. The van der Waals surface area contributed by atoms with Crippen LogP contribution in [0.1, 0.15) is 27.9 Å². The van der Waals surface area contributed by atoms with E-state index in [1.54, 1.807) is 35.5 Å². The molecule has 8 heteroatoms. The molecule has 39 heavy (non-hydrogen) atoms. The van der Waals surface area contributed by atoms with Gasteiger partial charge in [0.05, 0.1) is 13.0 Å². The highest BCUT2D eigenvalue weighted by Gasteiger charge is 2.21. The van der Waals surface area contributed by atoms with E-state index < -0.39 is 5.97 Å². The van der Waals surface area contributed by atoms with Crippen LogP contribution in [0, 0.1) is 6.92 Å². The normalized spacial score (nSPS) is 10.8. The first-order chi connectivity index (χ1) is 18.7. The van der Waals surface area contributed by atoms with Crippen molar-refractivity contribution in [2.75, 3.05) is 29.6 Å². The number of carboxylic acids is 1. The number of amides is 1. The molecule has 0 spiro atoms. The smallest absolute Gasteiger partial charge is 0.304 e. The third kappa shape index (κ3) is 7.40. The van der Waals surface area contributed by atoms with Crippen molar-refractivity contribution in [2.45, 2.75) is 24.8 Å². The number of carbonyl (C=O) groups excluding carboxylic acids is 1. The second-order valence-electron chi connectivity index (χ2n) is 9.36. The molecule has 0 aliphatic heterocycles. The summed E-state index contributed by atoms with van der Waals surface area (Å²) < 4.78 is 0. The molecule has 0 aliphatic rings. The molecule has 0 atom stereocenters. The Kier molecular flexibility index (Phi) is 9.28. The summed E-state index contributed by atoms with van der Waals surface area (Å²) in [7, 11) is 4.03. The second kappa shape index (κ2) is 12.8. The number of carbonyl (C=O) groups is 2. The average Bonchev–Trinajstić information content (AvgIpc) is 2.91. The summed E-state index contributed by atoms with van der Waals surface area (Å²) in [6.45, 7) is 2.19. The molecule has 6 nitrogen and oxygen atoms in total. The van der Waals surface area contributed by atoms with Crippen molar-refractivity contribution in [1.29, 1.82) is 0 Å². The number of aryl methyl sites for hydroxylation is 1. The van der Waals surface area contributed by atoms with Crippen LogP contribution in [0.25, 0.3) is 11.1 Å². The van der Waals surface area contributed by atoms with Crippen molar-refractivity contribution in [2.24, 2.45) is 0 Å². The monoisotopic (exact) mass is 559 g/mol. The fraction of sp³-hybridized carbons (Fsp3) is 0.194. The van der Waals surface area contributed by atoms with Crippen LogP contribution < -0.4 is 9.80 Å². The van der Waals surface area contributed by atoms with E-state index in [0.717, 1.165) is 32.8 Å². The van der Waals surface area contributed by atoms with Gasteiger partial charge in [-0.3, -0.25) is 14.6 Å². The summed E-state index contributed by atoms with van der Waals surface area (Å²) in [6.07, 6.45) is 3.32. The molecule has 0 unspecified atom stereocenters. The Morgan fingerprint density at radius 1 is 0.923 bits per heavy atom. The Hall–Kier alpha value is -3.81. The number of halogens is 1. The SMILES string of the molecule is Cc1cnccc1C(=O)N(Cc1ccc(-c2ccc(N(C)C)cc2)cc1)c1cc(Cl)cc(SCCC(=O)O)c1. The van der Waals surface area contributed by atoms with Crippen LogP contribution in [0.3, 0.4) is 0 Å². The zero-order valence-corrected chi connectivity index (χ0v) is 23.7. The van der Waals surface area contributed by atoms with E-state index in [4.69, 9.17) is 16.7 Å². The van der Waals surface area contributed by atoms with Gasteiger partial charge in [0.15, 0.2) is 0 Å². The van der Waals surface area contributed by atoms with Crippen LogP contribution in [-0.4, -0.2) is 41.8 Å². The van der Waals surface area contributed by atoms with Gasteiger partial charge in [-0.05, 0) is 65.6 Å². The van der Waals surface area contributed by atoms with E-state index in [1.807, 2.05) is 39.2 Å². The molecule has 1 heterocycles. The van der Waals surface area contributed by atoms with Gasteiger partial charge in [0, 0.05) is 59.1 Å². The first kappa shape index (κ1) is 28.2. The maximum absolute atomic E-state index is 13.8. The van der Waals surface area contributed by atoms with Gasteiger partial charge < -0.3 is 14.9 Å². The van der Waals surface area contributed by atoms with E-state index in [0.29, 0.717) is 28.6 Å². The third-order valence-electron chi connectivity index (χ3n) is 6.26. The summed E-state index contributed by atoms with van der Waals surface area (Å²) in [5.74, 6) is -0.613. The highest BCUT2D eigenvalue weighted by Crippen LogP contribution is 2.32. The van der Waals surface area contributed by atoms with Crippen LogP contribution in [-0.2, 0) is 11.3 Å². The van der Waals surface area contributed by atoms with Gasteiger partial charge in [-0.2, -0.15) is 0 Å². The minimum absolute atomic E-state index is 0.0373. The Morgan fingerprint density at radius 3 is 2.21 bits per heavy atom. The lowest BCUT2D eigenvalue weighted by Crippen LogP contribution is -2.31. The minimum atomic E-state index is -0.855. The average molecular weight is 560 g/mol. The molecule has 0 radical (unpaired) electrons. The Labute approximate surface area is 238 Å². The van der Waals surface area contributed by atoms with Crippen LogP contribution in [0.4, 0.5) is 11.4 Å².